The zero-order valence-electron chi connectivity index (χ0n) is 42.3. The normalized spacial score (nSPS) is 14.4. The van der Waals surface area contributed by atoms with Crippen LogP contribution in [0.15, 0.2) is 206 Å². The number of hydrogen-bond donors (Lipinski definition) is 0. The molecule has 0 N–H and O–H groups in total. The second kappa shape index (κ2) is 23.0. The van der Waals surface area contributed by atoms with Gasteiger partial charge in [0.25, 0.3) is 0 Å². The molecule has 9 aromatic carbocycles. The largest absolute Gasteiger partial charge is 0.309 e. The maximum atomic E-state index is 3.03. The minimum atomic E-state index is -0.116. The number of rotatable bonds is 11. The van der Waals surface area contributed by atoms with Crippen molar-refractivity contribution >= 4 is 144 Å². The van der Waals surface area contributed by atoms with Gasteiger partial charge in [0.2, 0.25) is 0 Å². The van der Waals surface area contributed by atoms with Crippen LogP contribution in [0.2, 0.25) is 0 Å². The Morgan fingerprint density at radius 1 is 0.413 bits per heavy atom. The highest BCUT2D eigenvalue weighted by molar-refractivity contribution is 9.24. The molecular formula is C60H61N2P13. The molecule has 2 nitrogen and oxygen atoms in total. The maximum absolute atomic E-state index is 3.03. The Labute approximate surface area is 467 Å². The van der Waals surface area contributed by atoms with E-state index >= 15 is 0 Å². The molecule has 1 heterocycles. The molecule has 376 valence electrons. The zero-order chi connectivity index (χ0) is 52.3. The number of nitrogens with zero attached hydrogens (tertiary/aromatic N) is 2. The van der Waals surface area contributed by atoms with Crippen LogP contribution in [0.1, 0.15) is 49.9 Å². The lowest BCUT2D eigenvalue weighted by Crippen LogP contribution is -2.17. The molecule has 10 aromatic rings. The molecule has 1 aromatic heterocycles. The Kier molecular flexibility index (Phi) is 16.9. The molecule has 9 atom stereocenters. The van der Waals surface area contributed by atoms with Crippen LogP contribution in [0.4, 0.5) is 17.1 Å². The summed E-state index contributed by atoms with van der Waals surface area (Å²) in [7, 11) is 22.2. The van der Waals surface area contributed by atoms with Gasteiger partial charge >= 0.3 is 0 Å². The number of fused-ring (bicyclic) bond motifs is 9. The second-order valence-corrected chi connectivity index (χ2v) is 67.5. The van der Waals surface area contributed by atoms with Crippen molar-refractivity contribution in [1.29, 1.82) is 0 Å². The van der Waals surface area contributed by atoms with Gasteiger partial charge in [-0.3, -0.25) is 0 Å². The number of aromatic nitrogens is 1. The summed E-state index contributed by atoms with van der Waals surface area (Å²) in [6.07, 6.45) is 0. The maximum Gasteiger partial charge on any atom is 0.0543 e. The molecule has 0 bridgehead atoms. The van der Waals surface area contributed by atoms with Gasteiger partial charge in [-0.1, -0.05) is 181 Å². The van der Waals surface area contributed by atoms with Gasteiger partial charge in [0.05, 0.1) is 22.4 Å². The highest BCUT2D eigenvalue weighted by Crippen LogP contribution is 3.18. The summed E-state index contributed by atoms with van der Waals surface area (Å²) in [4.78, 5) is 2.54. The van der Waals surface area contributed by atoms with Gasteiger partial charge in [0, 0.05) is 44.1 Å². The molecule has 2 aliphatic rings. The molecule has 0 amide bonds. The Hall–Kier alpha value is -1.83. The third kappa shape index (κ3) is 10.3. The van der Waals surface area contributed by atoms with Crippen molar-refractivity contribution in [3.63, 3.8) is 0 Å². The van der Waals surface area contributed by atoms with Crippen molar-refractivity contribution in [2.24, 2.45) is 0 Å². The fraction of sp³-hybridized carbons (Fsp3) is 0.100. The first kappa shape index (κ1) is 55.1. The molecule has 0 fully saturated rings. The van der Waals surface area contributed by atoms with Gasteiger partial charge in [-0.25, -0.2) is 0 Å². The van der Waals surface area contributed by atoms with E-state index in [9.17, 15) is 0 Å². The predicted octanol–water partition coefficient (Wildman–Crippen LogP) is 23.4. The first-order valence-corrected chi connectivity index (χ1v) is 47.6. The fourth-order valence-electron chi connectivity index (χ4n) is 11.4. The Morgan fingerprint density at radius 3 is 1.27 bits per heavy atom. The van der Waals surface area contributed by atoms with Crippen LogP contribution in [0.25, 0.3) is 72.0 Å². The number of anilines is 3. The first-order chi connectivity index (χ1) is 36.2. The summed E-state index contributed by atoms with van der Waals surface area (Å²) in [5, 5.41) is 2.49. The van der Waals surface area contributed by atoms with E-state index in [0.717, 1.165) is 19.3 Å². The number of hydrogen-bond acceptors (Lipinski definition) is 1. The second-order valence-electron chi connectivity index (χ2n) is 20.0. The van der Waals surface area contributed by atoms with Crippen molar-refractivity contribution in [2.75, 3.05) is 4.90 Å². The Balaban J connectivity index is 0.000000411. The average Bonchev–Trinajstić information content (AvgIpc) is 3.98. The summed E-state index contributed by atoms with van der Waals surface area (Å²) in [6.45, 7) is 10.4. The van der Waals surface area contributed by atoms with E-state index in [1.165, 1.54) is 99.9 Å². The summed E-state index contributed by atoms with van der Waals surface area (Å²) in [5.74, 6) is 0. The standard InChI is InChI=1S/C60H46N2.H15P13/c1-59(2)49-23-13-11-21-45(49)57-51(59)25-15-27-55(57)62(56-28-16-26-52-58(56)46-22-12-14-24-50(46)60(52,3)4)44-33-29-40(30-34-44)42-32-36-54-48(38-42)47-37-41(39-17-7-5-8-18-39)31-35-53(47)61(54)43-19-9-6-10-20-43;1-8-12(9(2)3)13(10(4)5)11(6)7/h5-38H,1-4H3;8H,1-7H2. The van der Waals surface area contributed by atoms with E-state index < -0.39 is 0 Å². The lowest BCUT2D eigenvalue weighted by Gasteiger charge is -2.34. The first-order valence-electron chi connectivity index (χ1n) is 24.7. The van der Waals surface area contributed by atoms with Crippen molar-refractivity contribution in [2.45, 2.75) is 38.5 Å². The topological polar surface area (TPSA) is 8.17 Å². The minimum absolute atomic E-state index is 0.116. The van der Waals surface area contributed by atoms with Crippen LogP contribution in [0.5, 0.6) is 0 Å². The van der Waals surface area contributed by atoms with E-state index in [0.29, 0.717) is 0 Å². The summed E-state index contributed by atoms with van der Waals surface area (Å²) in [5.41, 5.74) is 22.4. The lowest BCUT2D eigenvalue weighted by molar-refractivity contribution is 0.660. The van der Waals surface area contributed by atoms with Gasteiger partial charge in [0.1, 0.15) is 0 Å². The molecular weight excluding hydrogens is 1150 g/mol. The van der Waals surface area contributed by atoms with Crippen LogP contribution in [0.3, 0.4) is 0 Å². The quantitative estimate of drug-likeness (QED) is 0.117. The zero-order valence-corrected chi connectivity index (χ0v) is 55.9. The van der Waals surface area contributed by atoms with E-state index in [4.69, 9.17) is 0 Å². The highest BCUT2D eigenvalue weighted by Gasteiger charge is 2.41. The molecule has 15 heteroatoms. The number of benzene rings is 9. The van der Waals surface area contributed by atoms with Crippen molar-refractivity contribution in [3.8, 4) is 50.2 Å². The molecule has 0 aliphatic heterocycles. The molecule has 0 radical (unpaired) electrons. The molecule has 0 saturated carbocycles. The molecule has 9 unspecified atom stereocenters. The molecule has 2 aliphatic carbocycles. The van der Waals surface area contributed by atoms with Gasteiger partial charge in [-0.05, 0) is 151 Å². The van der Waals surface area contributed by atoms with Crippen LogP contribution >= 0.6 is 105 Å². The smallest absolute Gasteiger partial charge is 0.0543 e. The SMILES string of the molecule is CC1(C)c2ccccc2-c2c(N(c3ccc(-c4ccc5c(c4)c4cc(-c6ccccc6)ccc4n5-c4ccccc4)cc3)c3cccc4c3-c3ccccc3C4(C)C)cccc21.PPP(P(P)P)P(P(P)P)P(P)P. The van der Waals surface area contributed by atoms with E-state index in [-0.39, 0.29) is 45.8 Å². The van der Waals surface area contributed by atoms with Crippen molar-refractivity contribution in [1.82, 2.24) is 4.57 Å². The summed E-state index contributed by atoms with van der Waals surface area (Å²) in [6, 6.07) is 76.5. The monoisotopic (exact) mass is 1210 g/mol. The van der Waals surface area contributed by atoms with Crippen LogP contribution < -0.4 is 4.90 Å². The van der Waals surface area contributed by atoms with E-state index in [1.54, 1.807) is 0 Å². The molecule has 12 rings (SSSR count). The molecule has 0 saturated heterocycles. The van der Waals surface area contributed by atoms with Crippen LogP contribution in [-0.4, -0.2) is 4.57 Å². The number of para-hydroxylation sites is 1. The predicted molar refractivity (Wildman–Crippen MR) is 372 cm³/mol. The molecule has 75 heavy (non-hydrogen) atoms. The van der Waals surface area contributed by atoms with Gasteiger partial charge < -0.3 is 9.47 Å². The van der Waals surface area contributed by atoms with Gasteiger partial charge in [-0.15, -0.1) is 62.5 Å². The fourth-order valence-corrected chi connectivity index (χ4v) is 139. The van der Waals surface area contributed by atoms with Gasteiger partial charge in [-0.2, -0.15) is 0 Å². The minimum Gasteiger partial charge on any atom is -0.309 e. The third-order valence-electron chi connectivity index (χ3n) is 14.9. The van der Waals surface area contributed by atoms with Gasteiger partial charge in [0.15, 0.2) is 0 Å². The van der Waals surface area contributed by atoms with E-state index in [2.05, 4.69) is 306 Å². The third-order valence-corrected chi connectivity index (χ3v) is 88.3. The van der Waals surface area contributed by atoms with Crippen LogP contribution in [-0.2, 0) is 10.8 Å². The highest BCUT2D eigenvalue weighted by atomic mass is 33.3. The summed E-state index contributed by atoms with van der Waals surface area (Å²) < 4.78 is 2.40. The van der Waals surface area contributed by atoms with Crippen LogP contribution in [0, 0.1) is 0 Å². The average molecular weight is 1210 g/mol. The van der Waals surface area contributed by atoms with Crippen molar-refractivity contribution < 1.29 is 0 Å². The summed E-state index contributed by atoms with van der Waals surface area (Å²) >= 11 is 0. The van der Waals surface area contributed by atoms with E-state index in [1.807, 2.05) is 0 Å². The molecule has 0 spiro atoms. The Morgan fingerprint density at radius 2 is 0.827 bits per heavy atom. The Bertz CT molecular complexity index is 3610. The van der Waals surface area contributed by atoms with Crippen molar-refractivity contribution in [3.05, 3.63) is 229 Å². The lowest BCUT2D eigenvalue weighted by atomic mass is 9.82.